The fourth-order valence-electron chi connectivity index (χ4n) is 1.15. The number of hydrazine groups is 1. The summed E-state index contributed by atoms with van der Waals surface area (Å²) in [5, 5.41) is 0. The highest BCUT2D eigenvalue weighted by molar-refractivity contribution is 5.95. The smallest absolute Gasteiger partial charge is 0.265 e. The van der Waals surface area contributed by atoms with Crippen LogP contribution in [0, 0.1) is 13.8 Å². The lowest BCUT2D eigenvalue weighted by Crippen LogP contribution is -2.30. The molecule has 0 radical (unpaired) electrons. The Morgan fingerprint density at radius 1 is 1.38 bits per heavy atom. The van der Waals surface area contributed by atoms with Gasteiger partial charge in [0, 0.05) is 5.56 Å². The van der Waals surface area contributed by atoms with E-state index in [4.69, 9.17) is 5.84 Å². The van der Waals surface area contributed by atoms with Gasteiger partial charge in [0.05, 0.1) is 0 Å². The van der Waals surface area contributed by atoms with Crippen molar-refractivity contribution in [1.82, 2.24) is 5.43 Å². The van der Waals surface area contributed by atoms with Crippen LogP contribution in [0.4, 0.5) is 0 Å². The molecule has 0 bridgehead atoms. The molecule has 0 fully saturated rings. The minimum Gasteiger partial charge on any atom is -0.290 e. The van der Waals surface area contributed by atoms with Crippen LogP contribution in [0.15, 0.2) is 18.2 Å². The average Bonchev–Trinajstić information content (AvgIpc) is 2.03. The summed E-state index contributed by atoms with van der Waals surface area (Å²) in [6, 6.07) is 5.61. The normalized spacial score (nSPS) is 8.85. The van der Waals surface area contributed by atoms with Gasteiger partial charge in [-0.15, -0.1) is 12.4 Å². The highest BCUT2D eigenvalue weighted by Gasteiger charge is 2.05. The molecule has 0 unspecified atom stereocenters. The Morgan fingerprint density at radius 3 is 2.46 bits per heavy atom. The number of rotatable bonds is 1. The number of hydrogen-bond donors (Lipinski definition) is 2. The summed E-state index contributed by atoms with van der Waals surface area (Å²) in [5.74, 6) is 4.77. The number of benzene rings is 1. The van der Waals surface area contributed by atoms with Gasteiger partial charge in [-0.2, -0.15) is 0 Å². The lowest BCUT2D eigenvalue weighted by molar-refractivity contribution is 0.0953. The Labute approximate surface area is 83.7 Å². The summed E-state index contributed by atoms with van der Waals surface area (Å²) in [6.07, 6.45) is 0. The molecule has 0 saturated carbocycles. The van der Waals surface area contributed by atoms with Crippen molar-refractivity contribution in [3.63, 3.8) is 0 Å². The number of halogens is 1. The van der Waals surface area contributed by atoms with Crippen molar-refractivity contribution < 1.29 is 4.79 Å². The lowest BCUT2D eigenvalue weighted by atomic mass is 10.1. The topological polar surface area (TPSA) is 55.1 Å². The summed E-state index contributed by atoms with van der Waals surface area (Å²) in [4.78, 5) is 11.1. The van der Waals surface area contributed by atoms with E-state index in [-0.39, 0.29) is 18.3 Å². The SMILES string of the molecule is Cc1ccc(C(=O)NN)c(C)c1.Cl. The second-order valence-electron chi connectivity index (χ2n) is 2.79. The van der Waals surface area contributed by atoms with Crippen molar-refractivity contribution in [2.75, 3.05) is 0 Å². The first-order chi connectivity index (χ1) is 5.65. The standard InChI is InChI=1S/C9H12N2O.ClH/c1-6-3-4-8(7(2)5-6)9(12)11-10;/h3-5H,10H2,1-2H3,(H,11,12);1H. The van der Waals surface area contributed by atoms with E-state index in [0.29, 0.717) is 5.56 Å². The number of aryl methyl sites for hydroxylation is 2. The van der Waals surface area contributed by atoms with Crippen molar-refractivity contribution in [1.29, 1.82) is 0 Å². The fraction of sp³-hybridized carbons (Fsp3) is 0.222. The monoisotopic (exact) mass is 200 g/mol. The van der Waals surface area contributed by atoms with Gasteiger partial charge in [-0.05, 0) is 25.5 Å². The fourth-order valence-corrected chi connectivity index (χ4v) is 1.15. The molecule has 0 atom stereocenters. The molecular formula is C9H13ClN2O. The summed E-state index contributed by atoms with van der Waals surface area (Å²) in [7, 11) is 0. The molecule has 1 aromatic rings. The van der Waals surface area contributed by atoms with E-state index >= 15 is 0 Å². The highest BCUT2D eigenvalue weighted by Crippen LogP contribution is 2.09. The van der Waals surface area contributed by atoms with Crippen molar-refractivity contribution >= 4 is 18.3 Å². The molecule has 0 aromatic heterocycles. The molecule has 72 valence electrons. The number of nitrogens with two attached hydrogens (primary N) is 1. The lowest BCUT2D eigenvalue weighted by Gasteiger charge is -2.04. The molecule has 1 rings (SSSR count). The van der Waals surface area contributed by atoms with Crippen molar-refractivity contribution in [3.8, 4) is 0 Å². The zero-order valence-electron chi connectivity index (χ0n) is 7.63. The van der Waals surface area contributed by atoms with Gasteiger partial charge in [0.2, 0.25) is 0 Å². The maximum Gasteiger partial charge on any atom is 0.265 e. The summed E-state index contributed by atoms with van der Waals surface area (Å²) >= 11 is 0. The number of carbonyl (C=O) groups is 1. The average molecular weight is 201 g/mol. The number of hydrogen-bond acceptors (Lipinski definition) is 2. The molecule has 3 nitrogen and oxygen atoms in total. The van der Waals surface area contributed by atoms with E-state index in [1.807, 2.05) is 26.0 Å². The van der Waals surface area contributed by atoms with Crippen molar-refractivity contribution in [2.24, 2.45) is 5.84 Å². The van der Waals surface area contributed by atoms with Gasteiger partial charge in [-0.3, -0.25) is 10.2 Å². The third-order valence-corrected chi connectivity index (χ3v) is 1.76. The van der Waals surface area contributed by atoms with Crippen molar-refractivity contribution in [2.45, 2.75) is 13.8 Å². The maximum absolute atomic E-state index is 11.1. The third kappa shape index (κ3) is 2.72. The molecule has 1 amide bonds. The van der Waals surface area contributed by atoms with Gasteiger partial charge in [-0.1, -0.05) is 17.7 Å². The molecule has 0 aliphatic carbocycles. The zero-order valence-corrected chi connectivity index (χ0v) is 8.44. The molecular weight excluding hydrogens is 188 g/mol. The molecule has 0 heterocycles. The number of nitrogen functional groups attached to an aromatic ring is 1. The Morgan fingerprint density at radius 2 is 2.00 bits per heavy atom. The van der Waals surface area contributed by atoms with Gasteiger partial charge in [0.15, 0.2) is 0 Å². The van der Waals surface area contributed by atoms with Crippen LogP contribution in [0.3, 0.4) is 0 Å². The Balaban J connectivity index is 0.00000144. The van der Waals surface area contributed by atoms with Crippen LogP contribution < -0.4 is 11.3 Å². The van der Waals surface area contributed by atoms with Crippen molar-refractivity contribution in [3.05, 3.63) is 34.9 Å². The quantitative estimate of drug-likeness (QED) is 0.408. The summed E-state index contributed by atoms with van der Waals surface area (Å²) < 4.78 is 0. The molecule has 0 spiro atoms. The molecule has 0 aliphatic heterocycles. The van der Waals surface area contributed by atoms with Gasteiger partial charge in [0.25, 0.3) is 5.91 Å². The van der Waals surface area contributed by atoms with E-state index in [0.717, 1.165) is 11.1 Å². The minimum absolute atomic E-state index is 0. The Hall–Kier alpha value is -1.06. The minimum atomic E-state index is -0.243. The Kier molecular flexibility index (Phi) is 4.45. The van der Waals surface area contributed by atoms with Crippen LogP contribution in [-0.2, 0) is 0 Å². The van der Waals surface area contributed by atoms with Gasteiger partial charge < -0.3 is 0 Å². The van der Waals surface area contributed by atoms with E-state index in [1.54, 1.807) is 6.07 Å². The second-order valence-corrected chi connectivity index (χ2v) is 2.79. The number of nitrogens with one attached hydrogen (secondary N) is 1. The predicted octanol–water partition coefficient (Wildman–Crippen LogP) is 1.33. The Bertz CT molecular complexity index is 312. The second kappa shape index (κ2) is 4.84. The predicted molar refractivity (Wildman–Crippen MR) is 54.8 cm³/mol. The third-order valence-electron chi connectivity index (χ3n) is 1.76. The summed E-state index contributed by atoms with van der Waals surface area (Å²) in [6.45, 7) is 3.87. The zero-order chi connectivity index (χ0) is 9.14. The number of carbonyl (C=O) groups excluding carboxylic acids is 1. The first-order valence-electron chi connectivity index (χ1n) is 3.73. The molecule has 4 heteroatoms. The van der Waals surface area contributed by atoms with E-state index in [1.165, 1.54) is 0 Å². The molecule has 0 saturated heterocycles. The van der Waals surface area contributed by atoms with Crippen LogP contribution in [0.5, 0.6) is 0 Å². The van der Waals surface area contributed by atoms with Crippen LogP contribution in [0.2, 0.25) is 0 Å². The molecule has 1 aromatic carbocycles. The molecule has 3 N–H and O–H groups in total. The van der Waals surface area contributed by atoms with E-state index in [9.17, 15) is 4.79 Å². The largest absolute Gasteiger partial charge is 0.290 e. The van der Waals surface area contributed by atoms with Crippen LogP contribution in [0.1, 0.15) is 21.5 Å². The van der Waals surface area contributed by atoms with E-state index in [2.05, 4.69) is 5.43 Å². The molecule has 0 aliphatic rings. The van der Waals surface area contributed by atoms with Crippen LogP contribution in [-0.4, -0.2) is 5.91 Å². The van der Waals surface area contributed by atoms with Crippen LogP contribution >= 0.6 is 12.4 Å². The van der Waals surface area contributed by atoms with Crippen LogP contribution in [0.25, 0.3) is 0 Å². The van der Waals surface area contributed by atoms with Gasteiger partial charge in [0.1, 0.15) is 0 Å². The first kappa shape index (κ1) is 11.9. The van der Waals surface area contributed by atoms with Gasteiger partial charge in [-0.25, -0.2) is 5.84 Å². The number of amides is 1. The van der Waals surface area contributed by atoms with Gasteiger partial charge >= 0.3 is 0 Å². The maximum atomic E-state index is 11.1. The summed E-state index contributed by atoms with van der Waals surface area (Å²) in [5.41, 5.74) is 4.81. The van der Waals surface area contributed by atoms with E-state index < -0.39 is 0 Å². The first-order valence-corrected chi connectivity index (χ1v) is 3.73. The highest BCUT2D eigenvalue weighted by atomic mass is 35.5. The molecule has 13 heavy (non-hydrogen) atoms.